The molecule has 1 saturated heterocycles. The molecule has 1 spiro atoms. The summed E-state index contributed by atoms with van der Waals surface area (Å²) in [5.74, 6) is -3.16. The van der Waals surface area contributed by atoms with Crippen LogP contribution < -0.4 is 10.6 Å². The normalized spacial score (nSPS) is 23.2. The van der Waals surface area contributed by atoms with Gasteiger partial charge in [-0.15, -0.1) is 0 Å². The van der Waals surface area contributed by atoms with Crippen LogP contribution in [0.5, 0.6) is 0 Å². The third-order valence-corrected chi connectivity index (χ3v) is 7.63. The van der Waals surface area contributed by atoms with Crippen LogP contribution in [-0.4, -0.2) is 64.4 Å². The van der Waals surface area contributed by atoms with Crippen molar-refractivity contribution < 1.29 is 38.2 Å². The van der Waals surface area contributed by atoms with Gasteiger partial charge >= 0.3 is 18.1 Å². The third kappa shape index (κ3) is 4.77. The zero-order valence-corrected chi connectivity index (χ0v) is 21.1. The number of aryl methyl sites for hydroxylation is 1. The Labute approximate surface area is 222 Å². The average Bonchev–Trinajstić information content (AvgIpc) is 3.35. The van der Waals surface area contributed by atoms with Gasteiger partial charge in [-0.25, -0.2) is 18.9 Å². The van der Waals surface area contributed by atoms with Crippen molar-refractivity contribution >= 4 is 35.6 Å². The number of carbonyl (C=O) groups excluding carboxylic acids is 4. The first-order valence-corrected chi connectivity index (χ1v) is 12.5. The van der Waals surface area contributed by atoms with E-state index < -0.39 is 59.8 Å². The summed E-state index contributed by atoms with van der Waals surface area (Å²) in [6.45, 7) is -0.497. The van der Waals surface area contributed by atoms with Gasteiger partial charge in [0.15, 0.2) is 0 Å². The number of halogens is 1. The van der Waals surface area contributed by atoms with E-state index in [1.54, 1.807) is 18.2 Å². The van der Waals surface area contributed by atoms with Crippen LogP contribution in [0.4, 0.5) is 19.7 Å². The van der Waals surface area contributed by atoms with Crippen LogP contribution in [0.3, 0.4) is 0 Å². The zero-order valence-electron chi connectivity index (χ0n) is 21.1. The maximum atomic E-state index is 13.6. The maximum absolute atomic E-state index is 13.6. The van der Waals surface area contributed by atoms with Gasteiger partial charge in [0, 0.05) is 37.3 Å². The highest BCUT2D eigenvalue weighted by Gasteiger charge is 2.58. The van der Waals surface area contributed by atoms with Crippen LogP contribution >= 0.6 is 0 Å². The van der Waals surface area contributed by atoms with E-state index in [4.69, 9.17) is 4.74 Å². The predicted molar refractivity (Wildman–Crippen MR) is 134 cm³/mol. The largest absolute Gasteiger partial charge is 0.481 e. The minimum atomic E-state index is -1.55. The number of hydrogen-bond donors (Lipinski definition) is 3. The van der Waals surface area contributed by atoms with Gasteiger partial charge in [0.1, 0.15) is 12.4 Å². The number of fused-ring (bicyclic) bond motifs is 2. The van der Waals surface area contributed by atoms with Crippen LogP contribution in [-0.2, 0) is 37.7 Å². The van der Waals surface area contributed by atoms with Crippen LogP contribution in [0.1, 0.15) is 36.0 Å². The number of aliphatic carboxylic acids is 1. The Bertz CT molecular complexity index is 1360. The Kier molecular flexibility index (Phi) is 6.71. The topological polar surface area (TPSA) is 145 Å². The van der Waals surface area contributed by atoms with Gasteiger partial charge in [0.05, 0.1) is 5.92 Å². The molecule has 0 unspecified atom stereocenters. The van der Waals surface area contributed by atoms with E-state index in [1.807, 2.05) is 0 Å². The monoisotopic (exact) mass is 538 g/mol. The summed E-state index contributed by atoms with van der Waals surface area (Å²) < 4.78 is 19.0. The minimum Gasteiger partial charge on any atom is -0.481 e. The molecule has 204 valence electrons. The summed E-state index contributed by atoms with van der Waals surface area (Å²) in [5, 5.41) is 14.4. The van der Waals surface area contributed by atoms with Gasteiger partial charge in [-0.3, -0.25) is 14.4 Å². The van der Waals surface area contributed by atoms with Crippen LogP contribution in [0.2, 0.25) is 0 Å². The average molecular weight is 539 g/mol. The molecular formula is C27H27FN4O7. The highest BCUT2D eigenvalue weighted by Crippen LogP contribution is 2.46. The van der Waals surface area contributed by atoms with E-state index in [2.05, 4.69) is 10.6 Å². The Morgan fingerprint density at radius 2 is 1.87 bits per heavy atom. The summed E-state index contributed by atoms with van der Waals surface area (Å²) in [6.07, 6.45) is 0.166. The van der Waals surface area contributed by atoms with Crippen molar-refractivity contribution in [2.75, 3.05) is 18.9 Å². The van der Waals surface area contributed by atoms with Crippen molar-refractivity contribution in [1.29, 1.82) is 0 Å². The summed E-state index contributed by atoms with van der Waals surface area (Å²) in [4.78, 5) is 65.1. The first-order valence-electron chi connectivity index (χ1n) is 12.5. The van der Waals surface area contributed by atoms with Gasteiger partial charge in [-0.1, -0.05) is 18.2 Å². The second-order valence-corrected chi connectivity index (χ2v) is 9.97. The molecule has 3 N–H and O–H groups in total. The molecule has 2 aromatic rings. The predicted octanol–water partition coefficient (Wildman–Crippen LogP) is 2.59. The number of carbonyl (C=O) groups is 5. The Hall–Kier alpha value is -4.48. The first-order chi connectivity index (χ1) is 18.6. The van der Waals surface area contributed by atoms with E-state index in [-0.39, 0.29) is 25.8 Å². The van der Waals surface area contributed by atoms with E-state index in [0.717, 1.165) is 10.5 Å². The quantitative estimate of drug-likeness (QED) is 0.491. The second kappa shape index (κ2) is 10.0. The van der Waals surface area contributed by atoms with Crippen molar-refractivity contribution in [3.63, 3.8) is 0 Å². The fraction of sp³-hybridized carbons (Fsp3) is 0.370. The number of nitrogens with one attached hydrogen (secondary N) is 2. The van der Waals surface area contributed by atoms with E-state index in [1.165, 1.54) is 36.2 Å². The highest BCUT2D eigenvalue weighted by atomic mass is 19.1. The first kappa shape index (κ1) is 26.1. The van der Waals surface area contributed by atoms with Crippen LogP contribution in [0.25, 0.3) is 0 Å². The van der Waals surface area contributed by atoms with E-state index >= 15 is 0 Å². The number of hydrogen-bond acceptors (Lipinski definition) is 6. The molecule has 0 radical (unpaired) electrons. The van der Waals surface area contributed by atoms with Gasteiger partial charge in [0.2, 0.25) is 11.5 Å². The fourth-order valence-corrected chi connectivity index (χ4v) is 5.40. The molecule has 39 heavy (non-hydrogen) atoms. The fourth-order valence-electron chi connectivity index (χ4n) is 5.40. The molecule has 3 aliphatic rings. The number of urea groups is 1. The lowest BCUT2D eigenvalue weighted by atomic mass is 9.79. The summed E-state index contributed by atoms with van der Waals surface area (Å²) in [6, 6.07) is 9.72. The molecule has 12 heteroatoms. The van der Waals surface area contributed by atoms with Crippen molar-refractivity contribution in [2.24, 2.45) is 5.92 Å². The number of carboxylic acid groups (broad SMARTS) is 1. The molecule has 1 heterocycles. The zero-order chi connectivity index (χ0) is 27.9. The minimum absolute atomic E-state index is 0.0717. The Balaban J connectivity index is 1.34. The van der Waals surface area contributed by atoms with E-state index in [9.17, 15) is 33.5 Å². The van der Waals surface area contributed by atoms with Crippen molar-refractivity contribution in [2.45, 2.75) is 43.9 Å². The summed E-state index contributed by atoms with van der Waals surface area (Å²) >= 11 is 0. The number of amides is 5. The lowest BCUT2D eigenvalue weighted by molar-refractivity contribution is -0.152. The Morgan fingerprint density at radius 1 is 1.15 bits per heavy atom. The molecule has 2 aliphatic carbocycles. The molecule has 5 rings (SSSR count). The maximum Gasteiger partial charge on any atom is 0.418 e. The van der Waals surface area contributed by atoms with Crippen molar-refractivity contribution in [1.82, 2.24) is 15.1 Å². The second-order valence-electron chi connectivity index (χ2n) is 9.97. The molecule has 0 bridgehead atoms. The number of imide groups is 1. The molecule has 1 atom stereocenters. The summed E-state index contributed by atoms with van der Waals surface area (Å²) in [5.41, 5.74) is 0.840. The molecule has 1 aliphatic heterocycles. The van der Waals surface area contributed by atoms with E-state index in [0.29, 0.717) is 23.2 Å². The van der Waals surface area contributed by atoms with Gasteiger partial charge < -0.3 is 25.4 Å². The molecule has 5 amide bonds. The lowest BCUT2D eigenvalue weighted by Gasteiger charge is -2.41. The Morgan fingerprint density at radius 3 is 2.54 bits per heavy atom. The number of nitrogens with zero attached hydrogens (tertiary/aromatic N) is 2. The molecule has 11 nitrogen and oxygen atoms in total. The number of anilines is 1. The van der Waals surface area contributed by atoms with Gasteiger partial charge in [0.25, 0.3) is 5.91 Å². The van der Waals surface area contributed by atoms with Crippen molar-refractivity contribution in [3.8, 4) is 0 Å². The number of carboxylic acids is 1. The molecule has 2 aromatic carbocycles. The molecular weight excluding hydrogens is 511 g/mol. The third-order valence-electron chi connectivity index (χ3n) is 7.63. The smallest absolute Gasteiger partial charge is 0.418 e. The van der Waals surface area contributed by atoms with Gasteiger partial charge in [-0.2, -0.15) is 0 Å². The standard InChI is InChI=1S/C27H27FN4O7/c1-29-25(37)30-19-6-7-21-16(10-19)8-9-27(21)24(36)32(26(38)39-27)14-22(33)31(20-11-17(12-20)23(34)35)13-15-2-4-18(28)5-3-15/h2-7,10,17,20H,8-9,11-14H2,1H3,(H,34,35)(H2,29,30,37)/t17?,20?,27-/m1/s1. The molecule has 0 aromatic heterocycles. The van der Waals surface area contributed by atoms with Gasteiger partial charge in [-0.05, 0) is 54.7 Å². The van der Waals surface area contributed by atoms with Crippen LogP contribution in [0.15, 0.2) is 42.5 Å². The highest BCUT2D eigenvalue weighted by molar-refractivity contribution is 6.06. The number of rotatable bonds is 7. The summed E-state index contributed by atoms with van der Waals surface area (Å²) in [7, 11) is 1.49. The lowest BCUT2D eigenvalue weighted by Crippen LogP contribution is -2.52. The van der Waals surface area contributed by atoms with Crippen LogP contribution in [0, 0.1) is 11.7 Å². The molecule has 2 fully saturated rings. The molecule has 1 saturated carbocycles. The number of ether oxygens (including phenoxy) is 1. The van der Waals surface area contributed by atoms with Crippen molar-refractivity contribution in [3.05, 3.63) is 65.0 Å². The SMILES string of the molecule is CNC(=O)Nc1ccc2c(c1)CC[C@@]21OC(=O)N(CC(=O)N(Cc2ccc(F)cc2)C2CC(C(=O)O)C2)C1=O. The number of benzene rings is 2.